The van der Waals surface area contributed by atoms with Crippen molar-refractivity contribution in [1.82, 2.24) is 10.3 Å². The van der Waals surface area contributed by atoms with Crippen LogP contribution < -0.4 is 14.9 Å². The molecule has 0 saturated carbocycles. The van der Waals surface area contributed by atoms with E-state index >= 15 is 0 Å². The number of benzene rings is 3. The Kier molecular flexibility index (Phi) is 9.69. The molecule has 9 heteroatoms. The number of rotatable bonds is 9. The van der Waals surface area contributed by atoms with E-state index in [1.165, 1.54) is 5.56 Å². The van der Waals surface area contributed by atoms with Crippen LogP contribution in [0.3, 0.4) is 0 Å². The van der Waals surface area contributed by atoms with Crippen LogP contribution >= 0.6 is 34.8 Å². The van der Waals surface area contributed by atoms with Crippen LogP contribution in [-0.2, 0) is 17.9 Å². The van der Waals surface area contributed by atoms with Crippen molar-refractivity contribution in [3.63, 3.8) is 0 Å². The lowest BCUT2D eigenvalue weighted by molar-refractivity contribution is -0.126. The fraction of sp³-hybridized carbons (Fsp3) is 0.286. The van der Waals surface area contributed by atoms with Gasteiger partial charge in [0.15, 0.2) is 0 Å². The summed E-state index contributed by atoms with van der Waals surface area (Å²) < 4.78 is 11.3. The highest BCUT2D eigenvalue weighted by Gasteiger charge is 2.24. The predicted molar refractivity (Wildman–Crippen MR) is 149 cm³/mol. The van der Waals surface area contributed by atoms with E-state index in [9.17, 15) is 4.79 Å². The first-order valence-corrected chi connectivity index (χ1v) is 13.1. The summed E-state index contributed by atoms with van der Waals surface area (Å²) in [7, 11) is 1.60. The number of ether oxygens (including phenoxy) is 2. The van der Waals surface area contributed by atoms with Gasteiger partial charge in [0, 0.05) is 29.1 Å². The number of piperidine rings is 1. The molecule has 1 fully saturated rings. The lowest BCUT2D eigenvalue weighted by Crippen LogP contribution is -2.39. The highest BCUT2D eigenvalue weighted by Crippen LogP contribution is 2.28. The monoisotopic (exact) mass is 559 g/mol. The quantitative estimate of drug-likeness (QED) is 0.237. The minimum atomic E-state index is -0.0546. The van der Waals surface area contributed by atoms with Crippen LogP contribution in [0.25, 0.3) is 0 Å². The first-order valence-electron chi connectivity index (χ1n) is 12.0. The second-order valence-electron chi connectivity index (χ2n) is 8.85. The van der Waals surface area contributed by atoms with Gasteiger partial charge in [0.1, 0.15) is 18.1 Å². The Balaban J connectivity index is 1.25. The summed E-state index contributed by atoms with van der Waals surface area (Å²) >= 11 is 18.0. The first kappa shape index (κ1) is 27.3. The maximum absolute atomic E-state index is 12.6. The number of hydrogen-bond acceptors (Lipinski definition) is 5. The molecule has 1 aliphatic heterocycles. The van der Waals surface area contributed by atoms with E-state index in [4.69, 9.17) is 44.3 Å². The molecule has 4 rings (SSSR count). The van der Waals surface area contributed by atoms with Crippen molar-refractivity contribution in [3.05, 3.63) is 92.4 Å². The summed E-state index contributed by atoms with van der Waals surface area (Å²) in [5, 5.41) is 5.81. The zero-order valence-electron chi connectivity index (χ0n) is 20.4. The van der Waals surface area contributed by atoms with E-state index in [1.807, 2.05) is 42.5 Å². The molecule has 6 nitrogen and oxygen atoms in total. The first-order chi connectivity index (χ1) is 17.9. The molecule has 0 spiro atoms. The van der Waals surface area contributed by atoms with Gasteiger partial charge in [-0.05, 0) is 67.4 Å². The molecule has 0 atom stereocenters. The Hall–Kier alpha value is -2.77. The fourth-order valence-corrected chi connectivity index (χ4v) is 4.57. The van der Waals surface area contributed by atoms with Crippen molar-refractivity contribution in [2.45, 2.75) is 26.0 Å². The molecule has 0 bridgehead atoms. The maximum Gasteiger partial charge on any atom is 0.243 e. The van der Waals surface area contributed by atoms with Gasteiger partial charge in [0.05, 0.1) is 23.4 Å². The Morgan fingerprint density at radius 3 is 2.49 bits per heavy atom. The van der Waals surface area contributed by atoms with Crippen LogP contribution in [-0.4, -0.2) is 37.2 Å². The van der Waals surface area contributed by atoms with Gasteiger partial charge in [0.2, 0.25) is 5.91 Å². The van der Waals surface area contributed by atoms with Crippen molar-refractivity contribution >= 4 is 46.9 Å². The van der Waals surface area contributed by atoms with Crippen molar-refractivity contribution in [2.75, 3.05) is 20.2 Å². The second-order valence-corrected chi connectivity index (χ2v) is 10.1. The number of likely N-dealkylation sites (tertiary alicyclic amines) is 1. The van der Waals surface area contributed by atoms with Crippen molar-refractivity contribution in [1.29, 1.82) is 0 Å². The third-order valence-electron chi connectivity index (χ3n) is 6.26. The number of nitrogens with one attached hydrogen (secondary N) is 1. The van der Waals surface area contributed by atoms with E-state index in [-0.39, 0.29) is 11.8 Å². The fourth-order valence-electron chi connectivity index (χ4n) is 4.15. The number of amides is 1. The molecule has 3 aromatic rings. The highest BCUT2D eigenvalue weighted by molar-refractivity contribution is 6.42. The van der Waals surface area contributed by atoms with E-state index in [2.05, 4.69) is 15.4 Å². The number of hydrazone groups is 1. The van der Waals surface area contributed by atoms with E-state index in [0.717, 1.165) is 48.6 Å². The van der Waals surface area contributed by atoms with Gasteiger partial charge in [0.25, 0.3) is 0 Å². The van der Waals surface area contributed by atoms with Crippen molar-refractivity contribution < 1.29 is 14.3 Å². The predicted octanol–water partition coefficient (Wildman–Crippen LogP) is 6.60. The minimum Gasteiger partial charge on any atom is -0.496 e. The standard InChI is InChI=1S/C28H28Cl3N3O3/c1-36-27-14-20(2-5-22(27)18-37-24-8-9-25(30)26(31)15-24)16-32-33-28(35)21-10-12-34(13-11-21)17-19-3-6-23(29)7-4-19/h2-9,14-16,21H,10-13,17-18H2,1H3,(H,33,35)/b32-16-. The Morgan fingerprint density at radius 2 is 1.78 bits per heavy atom. The second kappa shape index (κ2) is 13.2. The number of hydrogen-bond donors (Lipinski definition) is 1. The molecular weight excluding hydrogens is 533 g/mol. The lowest BCUT2D eigenvalue weighted by atomic mass is 9.96. The van der Waals surface area contributed by atoms with Crippen molar-refractivity contribution in [3.8, 4) is 11.5 Å². The number of carbonyl (C=O) groups is 1. The molecule has 37 heavy (non-hydrogen) atoms. The van der Waals surface area contributed by atoms with Gasteiger partial charge in [-0.1, -0.05) is 59.1 Å². The van der Waals surface area contributed by atoms with Crippen LogP contribution in [0.4, 0.5) is 0 Å². The van der Waals surface area contributed by atoms with Crippen LogP contribution in [0.1, 0.15) is 29.5 Å². The molecular formula is C28H28Cl3N3O3. The summed E-state index contributed by atoms with van der Waals surface area (Å²) in [5.41, 5.74) is 5.57. The number of halogens is 3. The zero-order chi connectivity index (χ0) is 26.2. The van der Waals surface area contributed by atoms with Gasteiger partial charge >= 0.3 is 0 Å². The molecule has 3 aromatic carbocycles. The molecule has 1 aliphatic rings. The van der Waals surface area contributed by atoms with E-state index in [0.29, 0.717) is 28.2 Å². The highest BCUT2D eigenvalue weighted by atomic mass is 35.5. The molecule has 1 N–H and O–H groups in total. The van der Waals surface area contributed by atoms with E-state index in [1.54, 1.807) is 31.5 Å². The molecule has 1 heterocycles. The van der Waals surface area contributed by atoms with Gasteiger partial charge in [-0.2, -0.15) is 5.10 Å². The van der Waals surface area contributed by atoms with Gasteiger partial charge in [-0.25, -0.2) is 5.43 Å². The topological polar surface area (TPSA) is 63.2 Å². The summed E-state index contributed by atoms with van der Waals surface area (Å²) in [6.45, 7) is 2.90. The average molecular weight is 561 g/mol. The Bertz CT molecular complexity index is 1240. The zero-order valence-corrected chi connectivity index (χ0v) is 22.7. The summed E-state index contributed by atoms with van der Waals surface area (Å²) in [5.74, 6) is 1.17. The van der Waals surface area contributed by atoms with Crippen LogP contribution in [0.2, 0.25) is 15.1 Å². The molecule has 0 radical (unpaired) electrons. The molecule has 0 unspecified atom stereocenters. The van der Waals surface area contributed by atoms with Crippen molar-refractivity contribution in [2.24, 2.45) is 11.0 Å². The molecule has 0 aromatic heterocycles. The van der Waals surface area contributed by atoms with Gasteiger partial charge < -0.3 is 9.47 Å². The summed E-state index contributed by atoms with van der Waals surface area (Å²) in [6.07, 6.45) is 3.21. The number of methoxy groups -OCH3 is 1. The maximum atomic E-state index is 12.6. The average Bonchev–Trinajstić information content (AvgIpc) is 2.91. The Morgan fingerprint density at radius 1 is 1.03 bits per heavy atom. The molecule has 1 saturated heterocycles. The number of carbonyl (C=O) groups excluding carboxylic acids is 1. The smallest absolute Gasteiger partial charge is 0.243 e. The van der Waals surface area contributed by atoms with Crippen LogP contribution in [0, 0.1) is 5.92 Å². The van der Waals surface area contributed by atoms with Gasteiger partial charge in [-0.15, -0.1) is 0 Å². The summed E-state index contributed by atoms with van der Waals surface area (Å²) in [4.78, 5) is 15.0. The minimum absolute atomic E-state index is 0.0472. The lowest BCUT2D eigenvalue weighted by Gasteiger charge is -2.30. The van der Waals surface area contributed by atoms with Crippen LogP contribution in [0.15, 0.2) is 65.8 Å². The molecule has 1 amide bonds. The molecule has 194 valence electrons. The SMILES string of the molecule is COc1cc(/C=N\NC(=O)C2CCN(Cc3ccc(Cl)cc3)CC2)ccc1COc1ccc(Cl)c(Cl)c1. The Labute approximate surface area is 232 Å². The van der Waals surface area contributed by atoms with E-state index < -0.39 is 0 Å². The third kappa shape index (κ3) is 7.86. The number of nitrogens with zero attached hydrogens (tertiary/aromatic N) is 2. The molecule has 0 aliphatic carbocycles. The normalized spacial score (nSPS) is 14.6. The summed E-state index contributed by atoms with van der Waals surface area (Å²) in [6, 6.07) is 18.6. The third-order valence-corrected chi connectivity index (χ3v) is 7.25. The largest absolute Gasteiger partial charge is 0.496 e. The van der Waals surface area contributed by atoms with Gasteiger partial charge in [-0.3, -0.25) is 9.69 Å². The van der Waals surface area contributed by atoms with Crippen LogP contribution in [0.5, 0.6) is 11.5 Å².